The van der Waals surface area contributed by atoms with Gasteiger partial charge in [-0.1, -0.05) is 121 Å². The topological polar surface area (TPSA) is 14.8 Å². The third kappa shape index (κ3) is 4.00. The molecule has 8 aromatic carbocycles. The molecule has 3 heteroatoms. The molecule has 3 heterocycles. The van der Waals surface area contributed by atoms with E-state index in [1.54, 1.807) is 0 Å². The fraction of sp³-hybridized carbons (Fsp3) is 0. The van der Waals surface area contributed by atoms with Gasteiger partial charge >= 0.3 is 0 Å². The highest BCUT2D eigenvalue weighted by molar-refractivity contribution is 6.26. The van der Waals surface area contributed by atoms with Crippen molar-refractivity contribution < 1.29 is 0 Å². The highest BCUT2D eigenvalue weighted by Crippen LogP contribution is 2.43. The van der Waals surface area contributed by atoms with Crippen LogP contribution in [0.4, 0.5) is 0 Å². The summed E-state index contributed by atoms with van der Waals surface area (Å²) in [4.78, 5) is 0. The minimum Gasteiger partial charge on any atom is -0.309 e. The summed E-state index contributed by atoms with van der Waals surface area (Å²) in [5.41, 5.74) is 13.2. The van der Waals surface area contributed by atoms with Crippen LogP contribution in [0.3, 0.4) is 0 Å². The van der Waals surface area contributed by atoms with Crippen LogP contribution in [0.5, 0.6) is 0 Å². The van der Waals surface area contributed by atoms with Gasteiger partial charge in [-0.25, -0.2) is 0 Å². The second-order valence-electron chi connectivity index (χ2n) is 13.3. The van der Waals surface area contributed by atoms with Crippen LogP contribution in [0, 0.1) is 0 Å². The van der Waals surface area contributed by atoms with Crippen LogP contribution in [0.1, 0.15) is 0 Å². The number of hydrogen-bond donors (Lipinski definition) is 0. The van der Waals surface area contributed by atoms with E-state index in [1.807, 2.05) is 0 Å². The lowest BCUT2D eigenvalue weighted by Gasteiger charge is -2.12. The first kappa shape index (κ1) is 28.0. The maximum atomic E-state index is 2.47. The van der Waals surface area contributed by atoms with E-state index in [-0.39, 0.29) is 0 Å². The lowest BCUT2D eigenvalue weighted by Crippen LogP contribution is -1.95. The molecule has 0 aliphatic rings. The molecular formula is C48H31N3. The Morgan fingerprint density at radius 3 is 1.35 bits per heavy atom. The van der Waals surface area contributed by atoms with Crippen molar-refractivity contribution in [3.63, 3.8) is 0 Å². The monoisotopic (exact) mass is 649 g/mol. The van der Waals surface area contributed by atoms with E-state index >= 15 is 0 Å². The third-order valence-corrected chi connectivity index (χ3v) is 10.6. The summed E-state index contributed by atoms with van der Waals surface area (Å²) < 4.78 is 7.26. The first-order chi connectivity index (χ1) is 25.3. The average molecular weight is 650 g/mol. The summed E-state index contributed by atoms with van der Waals surface area (Å²) in [5, 5.41) is 7.58. The Hall–Kier alpha value is -6.84. The van der Waals surface area contributed by atoms with Crippen LogP contribution < -0.4 is 0 Å². The molecule has 3 aromatic heterocycles. The largest absolute Gasteiger partial charge is 0.309 e. The van der Waals surface area contributed by atoms with Crippen LogP contribution in [0.2, 0.25) is 0 Å². The Morgan fingerprint density at radius 2 is 0.725 bits per heavy atom. The van der Waals surface area contributed by atoms with Gasteiger partial charge in [0.15, 0.2) is 0 Å². The van der Waals surface area contributed by atoms with Gasteiger partial charge in [0.05, 0.1) is 33.1 Å². The van der Waals surface area contributed by atoms with Gasteiger partial charge in [-0.2, -0.15) is 0 Å². The Labute approximate surface area is 294 Å². The van der Waals surface area contributed by atoms with Crippen LogP contribution >= 0.6 is 0 Å². The molecule has 11 rings (SSSR count). The van der Waals surface area contributed by atoms with Gasteiger partial charge in [-0.3, -0.25) is 0 Å². The van der Waals surface area contributed by atoms with E-state index in [1.165, 1.54) is 82.2 Å². The van der Waals surface area contributed by atoms with Crippen LogP contribution in [0.15, 0.2) is 188 Å². The predicted molar refractivity (Wildman–Crippen MR) is 215 cm³/mol. The van der Waals surface area contributed by atoms with Gasteiger partial charge in [-0.15, -0.1) is 0 Å². The van der Waals surface area contributed by atoms with E-state index < -0.39 is 0 Å². The molecule has 0 spiro atoms. The fourth-order valence-corrected chi connectivity index (χ4v) is 8.54. The van der Waals surface area contributed by atoms with Gasteiger partial charge in [-0.05, 0) is 77.9 Å². The van der Waals surface area contributed by atoms with Crippen molar-refractivity contribution in [2.45, 2.75) is 0 Å². The molecule has 0 N–H and O–H groups in total. The maximum Gasteiger partial charge on any atom is 0.0641 e. The van der Waals surface area contributed by atoms with Gasteiger partial charge in [0.25, 0.3) is 0 Å². The minimum absolute atomic E-state index is 1.15. The zero-order chi connectivity index (χ0) is 33.5. The molecule has 0 radical (unpaired) electrons. The smallest absolute Gasteiger partial charge is 0.0641 e. The third-order valence-electron chi connectivity index (χ3n) is 10.6. The van der Waals surface area contributed by atoms with E-state index in [0.29, 0.717) is 0 Å². The van der Waals surface area contributed by atoms with E-state index in [9.17, 15) is 0 Å². The van der Waals surface area contributed by atoms with Gasteiger partial charge in [0.1, 0.15) is 0 Å². The predicted octanol–water partition coefficient (Wildman–Crippen LogP) is 12.6. The normalized spacial score (nSPS) is 11.9. The molecular weight excluding hydrogens is 619 g/mol. The molecule has 0 atom stereocenters. The van der Waals surface area contributed by atoms with Crippen molar-refractivity contribution in [1.29, 1.82) is 0 Å². The summed E-state index contributed by atoms with van der Waals surface area (Å²) in [5.74, 6) is 0. The number of para-hydroxylation sites is 5. The van der Waals surface area contributed by atoms with Crippen molar-refractivity contribution in [3.8, 4) is 28.2 Å². The molecule has 0 aliphatic heterocycles. The van der Waals surface area contributed by atoms with Crippen LogP contribution in [-0.2, 0) is 0 Å². The Kier molecular flexibility index (Phi) is 5.96. The second-order valence-corrected chi connectivity index (χ2v) is 13.3. The number of hydrogen-bond acceptors (Lipinski definition) is 0. The lowest BCUT2D eigenvalue weighted by molar-refractivity contribution is 1.17. The molecule has 0 fully saturated rings. The molecule has 0 amide bonds. The molecule has 0 saturated carbocycles. The highest BCUT2D eigenvalue weighted by Gasteiger charge is 2.21. The van der Waals surface area contributed by atoms with Gasteiger partial charge in [0, 0.05) is 49.4 Å². The van der Waals surface area contributed by atoms with Crippen LogP contribution in [0.25, 0.3) is 93.6 Å². The van der Waals surface area contributed by atoms with Crippen molar-refractivity contribution in [1.82, 2.24) is 13.7 Å². The van der Waals surface area contributed by atoms with Crippen molar-refractivity contribution in [3.05, 3.63) is 188 Å². The summed E-state index contributed by atoms with van der Waals surface area (Å²) in [6, 6.07) is 68.3. The number of aromatic nitrogens is 3. The van der Waals surface area contributed by atoms with E-state index in [4.69, 9.17) is 0 Å². The molecule has 0 bridgehead atoms. The number of rotatable bonds is 4. The number of benzene rings is 8. The SMILES string of the molecule is c1ccc(-n2c3ccccc3c3c(-c4ccc(-n5c6ccccc6c6ccc7c(c8ccccc8n7-c7ccccc7)c65)cc4)cccc32)cc1. The number of nitrogens with zero attached hydrogens (tertiary/aromatic N) is 3. The molecule has 238 valence electrons. The van der Waals surface area contributed by atoms with E-state index in [2.05, 4.69) is 202 Å². The van der Waals surface area contributed by atoms with Crippen molar-refractivity contribution in [2.75, 3.05) is 0 Å². The van der Waals surface area contributed by atoms with Crippen molar-refractivity contribution in [2.24, 2.45) is 0 Å². The Balaban J connectivity index is 1.16. The Morgan fingerprint density at radius 1 is 0.255 bits per heavy atom. The highest BCUT2D eigenvalue weighted by atomic mass is 15.0. The lowest BCUT2D eigenvalue weighted by atomic mass is 9.99. The molecule has 51 heavy (non-hydrogen) atoms. The van der Waals surface area contributed by atoms with E-state index in [0.717, 1.165) is 11.4 Å². The minimum atomic E-state index is 1.15. The fourth-order valence-electron chi connectivity index (χ4n) is 8.54. The summed E-state index contributed by atoms with van der Waals surface area (Å²) in [7, 11) is 0. The van der Waals surface area contributed by atoms with Crippen LogP contribution in [-0.4, -0.2) is 13.7 Å². The first-order valence-corrected chi connectivity index (χ1v) is 17.5. The zero-order valence-electron chi connectivity index (χ0n) is 27.7. The average Bonchev–Trinajstić information content (AvgIpc) is 3.84. The first-order valence-electron chi connectivity index (χ1n) is 17.5. The molecule has 0 saturated heterocycles. The quantitative estimate of drug-likeness (QED) is 0.180. The summed E-state index contributed by atoms with van der Waals surface area (Å²) in [6.45, 7) is 0. The molecule has 3 nitrogen and oxygen atoms in total. The summed E-state index contributed by atoms with van der Waals surface area (Å²) >= 11 is 0. The molecule has 0 aliphatic carbocycles. The maximum absolute atomic E-state index is 2.47. The standard InChI is InChI=1S/C48H31N3/c1-3-14-33(15-4-1)49-42-23-11-8-19-39(42)46-36(21-13-25-44(46)49)32-26-28-35(29-27-32)51-41-22-10-7-18-37(41)38-30-31-45-47(48(38)51)40-20-9-12-24-43(40)50(45)34-16-5-2-6-17-34/h1-31H. The van der Waals surface area contributed by atoms with Crippen molar-refractivity contribution >= 4 is 65.4 Å². The zero-order valence-corrected chi connectivity index (χ0v) is 27.7. The number of fused-ring (bicyclic) bond motifs is 10. The molecule has 11 aromatic rings. The second kappa shape index (κ2) is 10.8. The summed E-state index contributed by atoms with van der Waals surface area (Å²) in [6.07, 6.45) is 0. The van der Waals surface area contributed by atoms with Gasteiger partial charge in [0.2, 0.25) is 0 Å². The van der Waals surface area contributed by atoms with Gasteiger partial charge < -0.3 is 13.7 Å². The molecule has 0 unspecified atom stereocenters. The Bertz CT molecular complexity index is 3110.